The van der Waals surface area contributed by atoms with Crippen LogP contribution in [0.4, 0.5) is 4.39 Å². The molecule has 1 aliphatic heterocycles. The number of benzene rings is 2. The van der Waals surface area contributed by atoms with Crippen molar-refractivity contribution in [1.29, 1.82) is 0 Å². The van der Waals surface area contributed by atoms with E-state index in [1.54, 1.807) is 19.4 Å². The Hall–Kier alpha value is -2.64. The summed E-state index contributed by atoms with van der Waals surface area (Å²) in [6.07, 6.45) is 2.09. The van der Waals surface area contributed by atoms with Gasteiger partial charge in [-0.3, -0.25) is 9.78 Å². The number of pyridine rings is 1. The normalized spacial score (nSPS) is 19.5. The van der Waals surface area contributed by atoms with Crippen molar-refractivity contribution in [2.75, 3.05) is 32.5 Å². The van der Waals surface area contributed by atoms with E-state index >= 15 is 4.39 Å². The molecular weight excluding hydrogens is 463 g/mol. The summed E-state index contributed by atoms with van der Waals surface area (Å²) in [6.45, 7) is 4.35. The van der Waals surface area contributed by atoms with E-state index in [9.17, 15) is 9.90 Å². The van der Waals surface area contributed by atoms with E-state index < -0.39 is 18.1 Å². The van der Waals surface area contributed by atoms with Crippen molar-refractivity contribution in [3.63, 3.8) is 0 Å². The quantitative estimate of drug-likeness (QED) is 0.339. The first-order valence-corrected chi connectivity index (χ1v) is 13.1. The zero-order valence-electron chi connectivity index (χ0n) is 20.3. The lowest BCUT2D eigenvalue weighted by atomic mass is 9.81. The van der Waals surface area contributed by atoms with Gasteiger partial charge in [-0.1, -0.05) is 18.2 Å². The standard InChI is InChI=1S/C28H33FN2O3S/c1-19-5-3-4-6-27(19)35-16-15-31-14-12-20(24(18-31)28(32)33)7-9-25(29)22-11-13-30-26-10-8-21(34-2)17-23(22)26/h3-6,8,10-11,13,17,20,24-25H,7,9,12,14-16,18H2,1-2H3,(H,32,33)/t20-,24+,25+/m1/s1. The summed E-state index contributed by atoms with van der Waals surface area (Å²) in [6, 6.07) is 15.5. The molecular formula is C28H33FN2O3S. The van der Waals surface area contributed by atoms with Crippen LogP contribution >= 0.6 is 11.8 Å². The van der Waals surface area contributed by atoms with Crippen molar-refractivity contribution in [1.82, 2.24) is 9.88 Å². The predicted octanol–water partition coefficient (Wildman–Crippen LogP) is 6.16. The minimum Gasteiger partial charge on any atom is -0.497 e. The SMILES string of the molecule is COc1ccc2nccc([C@@H](F)CC[C@@H]3CCN(CCSc4ccccc4C)C[C@@H]3C(=O)O)c2c1. The Bertz CT molecular complexity index is 1160. The van der Waals surface area contributed by atoms with Gasteiger partial charge in [-0.15, -0.1) is 11.8 Å². The summed E-state index contributed by atoms with van der Waals surface area (Å²) in [5.74, 6) is 0.327. The van der Waals surface area contributed by atoms with Crippen molar-refractivity contribution in [2.45, 2.75) is 37.3 Å². The number of rotatable bonds is 10. The average molecular weight is 497 g/mol. The molecule has 0 aliphatic carbocycles. The molecule has 0 radical (unpaired) electrons. The number of hydrogen-bond acceptors (Lipinski definition) is 5. The highest BCUT2D eigenvalue weighted by Gasteiger charge is 2.34. The van der Waals surface area contributed by atoms with Crippen molar-refractivity contribution >= 4 is 28.6 Å². The number of carbonyl (C=O) groups is 1. The number of ether oxygens (including phenoxy) is 1. The Kier molecular flexibility index (Phi) is 8.63. The predicted molar refractivity (Wildman–Crippen MR) is 139 cm³/mol. The molecule has 3 atom stereocenters. The Morgan fingerprint density at radius 2 is 2.11 bits per heavy atom. The number of aromatic nitrogens is 1. The van der Waals surface area contributed by atoms with Crippen LogP contribution in [0.5, 0.6) is 5.75 Å². The van der Waals surface area contributed by atoms with Gasteiger partial charge in [-0.05, 0) is 80.1 Å². The van der Waals surface area contributed by atoms with Crippen LogP contribution in [0.1, 0.15) is 36.6 Å². The topological polar surface area (TPSA) is 62.7 Å². The van der Waals surface area contributed by atoms with Crippen molar-refractivity contribution in [3.8, 4) is 5.75 Å². The fraction of sp³-hybridized carbons (Fsp3) is 0.429. The molecule has 0 bridgehead atoms. The first-order chi connectivity index (χ1) is 17.0. The van der Waals surface area contributed by atoms with E-state index in [1.807, 2.05) is 42.1 Å². The van der Waals surface area contributed by atoms with E-state index in [4.69, 9.17) is 4.74 Å². The van der Waals surface area contributed by atoms with Crippen LogP contribution in [0.3, 0.4) is 0 Å². The molecule has 0 spiro atoms. The first-order valence-electron chi connectivity index (χ1n) is 12.2. The zero-order valence-corrected chi connectivity index (χ0v) is 21.1. The van der Waals surface area contributed by atoms with Crippen molar-refractivity contribution in [3.05, 3.63) is 65.9 Å². The number of piperidine rings is 1. The minimum atomic E-state index is -1.18. The van der Waals surface area contributed by atoms with Gasteiger partial charge in [0.25, 0.3) is 0 Å². The molecule has 0 saturated carbocycles. The van der Waals surface area contributed by atoms with Gasteiger partial charge in [0.05, 0.1) is 18.5 Å². The highest BCUT2D eigenvalue weighted by Crippen LogP contribution is 2.35. The van der Waals surface area contributed by atoms with Gasteiger partial charge in [-0.2, -0.15) is 0 Å². The summed E-state index contributed by atoms with van der Waals surface area (Å²) < 4.78 is 20.7. The lowest BCUT2D eigenvalue weighted by Crippen LogP contribution is -2.44. The molecule has 2 heterocycles. The Labute approximate surface area is 210 Å². The van der Waals surface area contributed by atoms with Gasteiger partial charge in [0.2, 0.25) is 0 Å². The van der Waals surface area contributed by atoms with Gasteiger partial charge < -0.3 is 14.7 Å². The number of carboxylic acids is 1. The minimum absolute atomic E-state index is 0.0198. The maximum Gasteiger partial charge on any atom is 0.308 e. The molecule has 3 aromatic rings. The third kappa shape index (κ3) is 6.33. The summed E-state index contributed by atoms with van der Waals surface area (Å²) in [4.78, 5) is 19.9. The fourth-order valence-electron chi connectivity index (χ4n) is 4.96. The number of methoxy groups -OCH3 is 1. The zero-order chi connectivity index (χ0) is 24.8. The molecule has 7 heteroatoms. The highest BCUT2D eigenvalue weighted by atomic mass is 32.2. The summed E-state index contributed by atoms with van der Waals surface area (Å²) in [5, 5.41) is 10.6. The summed E-state index contributed by atoms with van der Waals surface area (Å²) >= 11 is 1.81. The van der Waals surface area contributed by atoms with Gasteiger partial charge in [0.15, 0.2) is 0 Å². The van der Waals surface area contributed by atoms with Crippen LogP contribution in [-0.4, -0.2) is 53.5 Å². The third-order valence-corrected chi connectivity index (χ3v) is 8.18. The number of carboxylic acid groups (broad SMARTS) is 1. The largest absolute Gasteiger partial charge is 0.497 e. The molecule has 5 nitrogen and oxygen atoms in total. The van der Waals surface area contributed by atoms with Gasteiger partial charge >= 0.3 is 5.97 Å². The monoisotopic (exact) mass is 496 g/mol. The number of thioether (sulfide) groups is 1. The smallest absolute Gasteiger partial charge is 0.308 e. The van der Waals surface area contributed by atoms with E-state index in [-0.39, 0.29) is 5.92 Å². The number of aryl methyl sites for hydroxylation is 1. The molecule has 1 aromatic heterocycles. The van der Waals surface area contributed by atoms with Crippen LogP contribution in [-0.2, 0) is 4.79 Å². The second-order valence-corrected chi connectivity index (χ2v) is 10.4. The number of hydrogen-bond donors (Lipinski definition) is 1. The maximum absolute atomic E-state index is 15.4. The number of alkyl halides is 1. The number of halogens is 1. The lowest BCUT2D eigenvalue weighted by Gasteiger charge is -2.36. The molecule has 1 N–H and O–H groups in total. The molecule has 186 valence electrons. The van der Waals surface area contributed by atoms with Crippen LogP contribution in [0, 0.1) is 18.8 Å². The first kappa shape index (κ1) is 25.5. The molecule has 1 aliphatic rings. The second kappa shape index (κ2) is 11.9. The third-order valence-electron chi connectivity index (χ3n) is 7.03. The molecule has 35 heavy (non-hydrogen) atoms. The van der Waals surface area contributed by atoms with Crippen LogP contribution in [0.25, 0.3) is 10.9 Å². The average Bonchev–Trinajstić information content (AvgIpc) is 2.88. The fourth-order valence-corrected chi connectivity index (χ4v) is 6.00. The van der Waals surface area contributed by atoms with Crippen molar-refractivity contribution in [2.24, 2.45) is 11.8 Å². The molecule has 1 fully saturated rings. The van der Waals surface area contributed by atoms with Crippen LogP contribution in [0.2, 0.25) is 0 Å². The van der Waals surface area contributed by atoms with Gasteiger partial charge in [0, 0.05) is 35.3 Å². The molecule has 4 rings (SSSR count). The van der Waals surface area contributed by atoms with E-state index in [0.717, 1.165) is 36.2 Å². The maximum atomic E-state index is 15.4. The van der Waals surface area contributed by atoms with E-state index in [2.05, 4.69) is 28.9 Å². The lowest BCUT2D eigenvalue weighted by molar-refractivity contribution is -0.146. The van der Waals surface area contributed by atoms with Crippen LogP contribution < -0.4 is 4.74 Å². The molecule has 2 aromatic carbocycles. The molecule has 0 unspecified atom stereocenters. The number of aliphatic carboxylic acids is 1. The van der Waals surface area contributed by atoms with Crippen molar-refractivity contribution < 1.29 is 19.0 Å². The molecule has 1 saturated heterocycles. The van der Waals surface area contributed by atoms with Gasteiger partial charge in [-0.25, -0.2) is 4.39 Å². The number of fused-ring (bicyclic) bond motifs is 1. The van der Waals surface area contributed by atoms with Crippen LogP contribution in [0.15, 0.2) is 59.6 Å². The van der Waals surface area contributed by atoms with E-state index in [0.29, 0.717) is 30.7 Å². The Morgan fingerprint density at radius 1 is 1.29 bits per heavy atom. The number of nitrogens with zero attached hydrogens (tertiary/aromatic N) is 2. The summed E-state index contributed by atoms with van der Waals surface area (Å²) in [5.41, 5.74) is 2.58. The molecule has 0 amide bonds. The Morgan fingerprint density at radius 3 is 2.89 bits per heavy atom. The summed E-state index contributed by atoms with van der Waals surface area (Å²) in [7, 11) is 1.59. The highest BCUT2D eigenvalue weighted by molar-refractivity contribution is 7.99. The van der Waals surface area contributed by atoms with Gasteiger partial charge in [0.1, 0.15) is 11.9 Å². The second-order valence-electron chi connectivity index (χ2n) is 9.24. The number of likely N-dealkylation sites (tertiary alicyclic amines) is 1. The van der Waals surface area contributed by atoms with E-state index in [1.165, 1.54) is 10.5 Å². The Balaban J connectivity index is 1.34.